The molecule has 4 rings (SSSR count). The Labute approximate surface area is 169 Å². The maximum Gasteiger partial charge on any atom is 0.416 e. The van der Waals surface area contributed by atoms with Crippen LogP contribution in [-0.2, 0) is 12.8 Å². The maximum absolute atomic E-state index is 13.0. The standard InChI is InChI=1S/C22H16F3N3O2/c1-14-11-20(29)21(27-28(14)18-7-4-6-16(12-18)22(23,24)25)30-13-17-10-9-15-5-2-3-8-19(15)26-17/h2-12H,13H2,1H3. The zero-order chi connectivity index (χ0) is 21.3. The van der Waals surface area contributed by atoms with Crippen molar-refractivity contribution in [3.63, 3.8) is 0 Å². The number of ether oxygens (including phenoxy) is 1. The van der Waals surface area contributed by atoms with Crippen molar-refractivity contribution >= 4 is 10.9 Å². The Kier molecular flexibility index (Phi) is 4.99. The fourth-order valence-electron chi connectivity index (χ4n) is 3.04. The Hall–Kier alpha value is -3.68. The molecule has 0 aliphatic heterocycles. The molecule has 8 heteroatoms. The second kappa shape index (κ2) is 7.62. The summed E-state index contributed by atoms with van der Waals surface area (Å²) in [5.41, 5.74) is 0.684. The van der Waals surface area contributed by atoms with Gasteiger partial charge in [-0.15, -0.1) is 5.10 Å². The molecular formula is C22H16F3N3O2. The van der Waals surface area contributed by atoms with Gasteiger partial charge in [-0.2, -0.15) is 13.2 Å². The zero-order valence-electron chi connectivity index (χ0n) is 15.8. The quantitative estimate of drug-likeness (QED) is 0.489. The van der Waals surface area contributed by atoms with Crippen molar-refractivity contribution in [3.05, 3.63) is 93.9 Å². The van der Waals surface area contributed by atoms with E-state index in [0.717, 1.165) is 23.0 Å². The minimum Gasteiger partial charge on any atom is -0.467 e. The van der Waals surface area contributed by atoms with E-state index in [4.69, 9.17) is 4.74 Å². The molecular weight excluding hydrogens is 395 g/mol. The number of pyridine rings is 1. The monoisotopic (exact) mass is 411 g/mol. The summed E-state index contributed by atoms with van der Waals surface area (Å²) in [4.78, 5) is 16.8. The Morgan fingerprint density at radius 2 is 1.80 bits per heavy atom. The van der Waals surface area contributed by atoms with Crippen molar-refractivity contribution < 1.29 is 17.9 Å². The van der Waals surface area contributed by atoms with E-state index in [1.54, 1.807) is 13.0 Å². The molecule has 0 amide bonds. The van der Waals surface area contributed by atoms with Crippen LogP contribution in [0.5, 0.6) is 5.88 Å². The predicted molar refractivity (Wildman–Crippen MR) is 106 cm³/mol. The summed E-state index contributed by atoms with van der Waals surface area (Å²) >= 11 is 0. The van der Waals surface area contributed by atoms with Crippen LogP contribution in [0.2, 0.25) is 0 Å². The molecule has 0 unspecified atom stereocenters. The average Bonchev–Trinajstić information content (AvgIpc) is 2.72. The van der Waals surface area contributed by atoms with Crippen LogP contribution < -0.4 is 10.2 Å². The van der Waals surface area contributed by atoms with E-state index >= 15 is 0 Å². The Balaban J connectivity index is 1.64. The molecule has 0 saturated carbocycles. The molecule has 0 bridgehead atoms. The van der Waals surface area contributed by atoms with Crippen molar-refractivity contribution in [2.75, 3.05) is 0 Å². The lowest BCUT2D eigenvalue weighted by atomic mass is 10.2. The number of alkyl halides is 3. The van der Waals surface area contributed by atoms with Crippen molar-refractivity contribution in [3.8, 4) is 11.6 Å². The number of aromatic nitrogens is 3. The van der Waals surface area contributed by atoms with Crippen molar-refractivity contribution in [1.82, 2.24) is 14.8 Å². The SMILES string of the molecule is Cc1cc(=O)c(OCc2ccc3ccccc3n2)nn1-c1cccc(C(F)(F)F)c1. The van der Waals surface area contributed by atoms with E-state index in [2.05, 4.69) is 10.1 Å². The highest BCUT2D eigenvalue weighted by Gasteiger charge is 2.30. The normalized spacial score (nSPS) is 11.6. The summed E-state index contributed by atoms with van der Waals surface area (Å²) in [6, 6.07) is 17.2. The minimum atomic E-state index is -4.48. The highest BCUT2D eigenvalue weighted by molar-refractivity contribution is 5.78. The number of fused-ring (bicyclic) bond motifs is 1. The molecule has 4 aromatic rings. The van der Waals surface area contributed by atoms with Gasteiger partial charge >= 0.3 is 6.18 Å². The molecule has 2 aromatic heterocycles. The number of hydrogen-bond acceptors (Lipinski definition) is 4. The third-order valence-electron chi connectivity index (χ3n) is 4.51. The van der Waals surface area contributed by atoms with Crippen molar-refractivity contribution in [2.45, 2.75) is 19.7 Å². The number of nitrogens with zero attached hydrogens (tertiary/aromatic N) is 3. The van der Waals surface area contributed by atoms with E-state index in [9.17, 15) is 18.0 Å². The minimum absolute atomic E-state index is 0.00126. The summed E-state index contributed by atoms with van der Waals surface area (Å²) < 4.78 is 45.9. The second-order valence-electron chi connectivity index (χ2n) is 6.70. The van der Waals surface area contributed by atoms with Crippen LogP contribution in [-0.4, -0.2) is 14.8 Å². The van der Waals surface area contributed by atoms with Gasteiger partial charge in [0, 0.05) is 17.1 Å². The first kappa shape index (κ1) is 19.6. The Bertz CT molecular complexity index is 1280. The van der Waals surface area contributed by atoms with Crippen molar-refractivity contribution in [1.29, 1.82) is 0 Å². The number of rotatable bonds is 4. The summed E-state index contributed by atoms with van der Waals surface area (Å²) in [6.45, 7) is 1.59. The molecule has 0 aliphatic rings. The first-order valence-electron chi connectivity index (χ1n) is 9.07. The van der Waals surface area contributed by atoms with Gasteiger partial charge in [-0.3, -0.25) is 4.79 Å². The van der Waals surface area contributed by atoms with Crippen LogP contribution in [0.4, 0.5) is 13.2 Å². The number of para-hydroxylation sites is 1. The number of aryl methyl sites for hydroxylation is 1. The largest absolute Gasteiger partial charge is 0.467 e. The molecule has 0 N–H and O–H groups in total. The fraction of sp³-hybridized carbons (Fsp3) is 0.136. The number of hydrogen-bond donors (Lipinski definition) is 0. The summed E-state index contributed by atoms with van der Waals surface area (Å²) in [5.74, 6) is -0.215. The van der Waals surface area contributed by atoms with Crippen LogP contribution in [0.1, 0.15) is 17.0 Å². The molecule has 0 saturated heterocycles. The van der Waals surface area contributed by atoms with Gasteiger partial charge < -0.3 is 4.74 Å². The lowest BCUT2D eigenvalue weighted by Gasteiger charge is -2.14. The average molecular weight is 411 g/mol. The van der Waals surface area contributed by atoms with Gasteiger partial charge in [-0.25, -0.2) is 9.67 Å². The lowest BCUT2D eigenvalue weighted by molar-refractivity contribution is -0.137. The smallest absolute Gasteiger partial charge is 0.416 e. The van der Waals surface area contributed by atoms with Crippen LogP contribution in [0.25, 0.3) is 16.6 Å². The third-order valence-corrected chi connectivity index (χ3v) is 4.51. The molecule has 152 valence electrons. The van der Waals surface area contributed by atoms with Gasteiger partial charge in [-0.05, 0) is 37.3 Å². The van der Waals surface area contributed by atoms with Gasteiger partial charge in [0.05, 0.1) is 22.5 Å². The van der Waals surface area contributed by atoms with Crippen LogP contribution >= 0.6 is 0 Å². The molecule has 2 aromatic carbocycles. The molecule has 0 spiro atoms. The summed E-state index contributed by atoms with van der Waals surface area (Å²) in [7, 11) is 0. The topological polar surface area (TPSA) is 57.0 Å². The molecule has 0 fully saturated rings. The van der Waals surface area contributed by atoms with Crippen LogP contribution in [0.15, 0.2) is 71.5 Å². The van der Waals surface area contributed by atoms with Gasteiger partial charge in [0.1, 0.15) is 6.61 Å². The first-order valence-corrected chi connectivity index (χ1v) is 9.07. The van der Waals surface area contributed by atoms with Gasteiger partial charge in [-0.1, -0.05) is 30.3 Å². The Morgan fingerprint density at radius 1 is 1.00 bits per heavy atom. The van der Waals surface area contributed by atoms with E-state index < -0.39 is 17.2 Å². The summed E-state index contributed by atoms with van der Waals surface area (Å²) in [5, 5.41) is 5.10. The lowest BCUT2D eigenvalue weighted by Crippen LogP contribution is -2.17. The van der Waals surface area contributed by atoms with Crippen LogP contribution in [0, 0.1) is 6.92 Å². The molecule has 5 nitrogen and oxygen atoms in total. The molecule has 2 heterocycles. The predicted octanol–water partition coefficient (Wildman–Crippen LogP) is 4.69. The van der Waals surface area contributed by atoms with E-state index in [1.165, 1.54) is 22.9 Å². The molecule has 30 heavy (non-hydrogen) atoms. The maximum atomic E-state index is 13.0. The van der Waals surface area contributed by atoms with Crippen molar-refractivity contribution in [2.24, 2.45) is 0 Å². The first-order chi connectivity index (χ1) is 14.3. The third kappa shape index (κ3) is 4.03. The van der Waals surface area contributed by atoms with E-state index in [1.807, 2.05) is 30.3 Å². The van der Waals surface area contributed by atoms with Gasteiger partial charge in [0.2, 0.25) is 5.43 Å². The molecule has 0 radical (unpaired) electrons. The Morgan fingerprint density at radius 3 is 2.60 bits per heavy atom. The second-order valence-corrected chi connectivity index (χ2v) is 6.70. The van der Waals surface area contributed by atoms with E-state index in [-0.39, 0.29) is 18.2 Å². The molecule has 0 aliphatic carbocycles. The number of halogens is 3. The fourth-order valence-corrected chi connectivity index (χ4v) is 3.04. The highest BCUT2D eigenvalue weighted by atomic mass is 19.4. The highest BCUT2D eigenvalue weighted by Crippen LogP contribution is 2.30. The van der Waals surface area contributed by atoms with Crippen LogP contribution in [0.3, 0.4) is 0 Å². The molecule has 0 atom stereocenters. The van der Waals surface area contributed by atoms with Gasteiger partial charge in [0.25, 0.3) is 5.88 Å². The zero-order valence-corrected chi connectivity index (χ0v) is 15.8. The van der Waals surface area contributed by atoms with E-state index in [0.29, 0.717) is 11.4 Å². The van der Waals surface area contributed by atoms with Gasteiger partial charge in [0.15, 0.2) is 0 Å². The summed E-state index contributed by atoms with van der Waals surface area (Å²) in [6.07, 6.45) is -4.48. The number of benzene rings is 2.